The Balaban J connectivity index is 1.44. The lowest BCUT2D eigenvalue weighted by atomic mass is 10.2. The Bertz CT molecular complexity index is 1270. The van der Waals surface area contributed by atoms with Crippen LogP contribution in [0.4, 0.5) is 5.69 Å². The van der Waals surface area contributed by atoms with Crippen LogP contribution >= 0.6 is 0 Å². The summed E-state index contributed by atoms with van der Waals surface area (Å²) in [7, 11) is -3.85. The van der Waals surface area contributed by atoms with Crippen molar-refractivity contribution in [3.05, 3.63) is 95.6 Å². The van der Waals surface area contributed by atoms with Crippen LogP contribution in [-0.4, -0.2) is 32.9 Å². The lowest BCUT2D eigenvalue weighted by Crippen LogP contribution is -2.35. The van der Waals surface area contributed by atoms with Gasteiger partial charge in [-0.15, -0.1) is 0 Å². The van der Waals surface area contributed by atoms with E-state index in [1.54, 1.807) is 12.1 Å². The molecule has 170 valence electrons. The smallest absolute Gasteiger partial charge is 0.338 e. The summed E-state index contributed by atoms with van der Waals surface area (Å²) in [5, 5.41) is 2.72. The van der Waals surface area contributed by atoms with Gasteiger partial charge < -0.3 is 10.1 Å². The molecule has 0 saturated heterocycles. The molecule has 1 unspecified atom stereocenters. The summed E-state index contributed by atoms with van der Waals surface area (Å²) >= 11 is 0. The van der Waals surface area contributed by atoms with Gasteiger partial charge in [-0.25, -0.2) is 13.2 Å². The van der Waals surface area contributed by atoms with Gasteiger partial charge in [-0.05, 0) is 48.7 Å². The summed E-state index contributed by atoms with van der Waals surface area (Å²) in [6.07, 6.45) is -0.404. The fraction of sp³-hybridized carbons (Fsp3) is 0.200. The van der Waals surface area contributed by atoms with Gasteiger partial charge in [-0.1, -0.05) is 54.6 Å². The first-order valence-corrected chi connectivity index (χ1v) is 12.0. The maximum absolute atomic E-state index is 13.2. The van der Waals surface area contributed by atoms with Crippen LogP contribution in [0.3, 0.4) is 0 Å². The number of esters is 1. The van der Waals surface area contributed by atoms with Crippen LogP contribution in [0.15, 0.2) is 83.8 Å². The fourth-order valence-corrected chi connectivity index (χ4v) is 5.23. The first kappa shape index (κ1) is 22.5. The van der Waals surface area contributed by atoms with Crippen LogP contribution in [0.2, 0.25) is 0 Å². The molecular formula is C25H24N2O5S. The molecule has 0 saturated carbocycles. The molecule has 0 fully saturated rings. The molecule has 33 heavy (non-hydrogen) atoms. The minimum atomic E-state index is -3.85. The second kappa shape index (κ2) is 9.46. The third-order valence-corrected chi connectivity index (χ3v) is 7.27. The molecule has 1 heterocycles. The molecule has 1 aliphatic heterocycles. The maximum Gasteiger partial charge on any atom is 0.338 e. The highest BCUT2D eigenvalue weighted by molar-refractivity contribution is 7.92. The van der Waals surface area contributed by atoms with Crippen LogP contribution in [0.1, 0.15) is 28.4 Å². The molecule has 0 aromatic heterocycles. The van der Waals surface area contributed by atoms with Gasteiger partial charge in [-0.2, -0.15) is 0 Å². The number of fused-ring (bicyclic) bond motifs is 1. The number of para-hydroxylation sites is 1. The Hall–Kier alpha value is -3.65. The average Bonchev–Trinajstić information content (AvgIpc) is 3.28. The van der Waals surface area contributed by atoms with E-state index in [-0.39, 0.29) is 10.5 Å². The largest absolute Gasteiger partial charge is 0.449 e. The van der Waals surface area contributed by atoms with Gasteiger partial charge >= 0.3 is 5.97 Å². The molecule has 1 atom stereocenters. The summed E-state index contributed by atoms with van der Waals surface area (Å²) in [5.41, 5.74) is 2.60. The standard InChI is InChI=1S/C25H24N2O5S/c1-18(24(28)26-17-19-8-3-2-4-9-19)32-25(29)21-11-7-12-22(16-21)33(30,31)27-15-14-20-10-5-6-13-23(20)27/h2-13,16,18H,14-15,17H2,1H3,(H,26,28). The topological polar surface area (TPSA) is 92.8 Å². The van der Waals surface area contributed by atoms with Crippen LogP contribution in [-0.2, 0) is 32.5 Å². The van der Waals surface area contributed by atoms with Crippen molar-refractivity contribution in [1.82, 2.24) is 5.32 Å². The third kappa shape index (κ3) is 4.90. The Morgan fingerprint density at radius 3 is 2.52 bits per heavy atom. The maximum atomic E-state index is 13.2. The Labute approximate surface area is 193 Å². The third-order valence-electron chi connectivity index (χ3n) is 5.46. The second-order valence-corrected chi connectivity index (χ2v) is 9.60. The van der Waals surface area contributed by atoms with E-state index < -0.39 is 28.0 Å². The van der Waals surface area contributed by atoms with E-state index in [4.69, 9.17) is 4.74 Å². The molecule has 3 aromatic rings. The molecule has 0 radical (unpaired) electrons. The zero-order valence-corrected chi connectivity index (χ0v) is 18.9. The number of nitrogens with zero attached hydrogens (tertiary/aromatic N) is 1. The number of carbonyl (C=O) groups excluding carboxylic acids is 2. The van der Waals surface area contributed by atoms with E-state index in [9.17, 15) is 18.0 Å². The minimum absolute atomic E-state index is 0.00478. The molecule has 0 bridgehead atoms. The SMILES string of the molecule is CC(OC(=O)c1cccc(S(=O)(=O)N2CCc3ccccc32)c1)C(=O)NCc1ccccc1. The minimum Gasteiger partial charge on any atom is -0.449 e. The Kier molecular flexibility index (Phi) is 6.46. The number of hydrogen-bond donors (Lipinski definition) is 1. The molecule has 8 heteroatoms. The van der Waals surface area contributed by atoms with Crippen molar-refractivity contribution >= 4 is 27.6 Å². The predicted octanol–water partition coefficient (Wildman–Crippen LogP) is 3.30. The lowest BCUT2D eigenvalue weighted by molar-refractivity contribution is -0.129. The second-order valence-electron chi connectivity index (χ2n) is 7.73. The first-order chi connectivity index (χ1) is 15.9. The van der Waals surface area contributed by atoms with Crippen molar-refractivity contribution in [3.63, 3.8) is 0 Å². The van der Waals surface area contributed by atoms with Gasteiger partial charge in [0.25, 0.3) is 15.9 Å². The number of sulfonamides is 1. The van der Waals surface area contributed by atoms with Gasteiger partial charge in [0.15, 0.2) is 6.10 Å². The van der Waals surface area contributed by atoms with Crippen LogP contribution < -0.4 is 9.62 Å². The van der Waals surface area contributed by atoms with E-state index in [1.807, 2.05) is 42.5 Å². The summed E-state index contributed by atoms with van der Waals surface area (Å²) in [6.45, 7) is 2.13. The molecule has 3 aromatic carbocycles. The Morgan fingerprint density at radius 2 is 1.73 bits per heavy atom. The number of amides is 1. The molecule has 1 amide bonds. The summed E-state index contributed by atoms with van der Waals surface area (Å²) < 4.78 is 33.1. The van der Waals surface area contributed by atoms with Gasteiger partial charge in [-0.3, -0.25) is 9.10 Å². The average molecular weight is 465 g/mol. The highest BCUT2D eigenvalue weighted by Gasteiger charge is 2.31. The summed E-state index contributed by atoms with van der Waals surface area (Å²) in [4.78, 5) is 24.9. The van der Waals surface area contributed by atoms with Crippen LogP contribution in [0.25, 0.3) is 0 Å². The van der Waals surface area contributed by atoms with Gasteiger partial charge in [0, 0.05) is 13.1 Å². The molecule has 4 rings (SSSR count). The van der Waals surface area contributed by atoms with Gasteiger partial charge in [0.1, 0.15) is 0 Å². The van der Waals surface area contributed by atoms with Gasteiger partial charge in [0.2, 0.25) is 0 Å². The number of nitrogens with one attached hydrogen (secondary N) is 1. The van der Waals surface area contributed by atoms with E-state index in [2.05, 4.69) is 5.32 Å². The van der Waals surface area contributed by atoms with E-state index in [0.29, 0.717) is 25.2 Å². The normalized spacial score (nSPS) is 13.8. The molecular weight excluding hydrogens is 440 g/mol. The van der Waals surface area contributed by atoms with E-state index in [0.717, 1.165) is 11.1 Å². The highest BCUT2D eigenvalue weighted by atomic mass is 32.2. The van der Waals surface area contributed by atoms with Crippen molar-refractivity contribution in [3.8, 4) is 0 Å². The number of benzene rings is 3. The number of anilines is 1. The van der Waals surface area contributed by atoms with Crippen molar-refractivity contribution in [2.24, 2.45) is 0 Å². The zero-order valence-electron chi connectivity index (χ0n) is 18.1. The Morgan fingerprint density at radius 1 is 1.00 bits per heavy atom. The summed E-state index contributed by atoms with van der Waals surface area (Å²) in [5.74, 6) is -1.21. The van der Waals surface area contributed by atoms with Gasteiger partial charge in [0.05, 0.1) is 16.1 Å². The number of hydrogen-bond acceptors (Lipinski definition) is 5. The van der Waals surface area contributed by atoms with Crippen molar-refractivity contribution in [2.75, 3.05) is 10.8 Å². The quantitative estimate of drug-likeness (QED) is 0.542. The molecule has 1 aliphatic rings. The molecule has 0 spiro atoms. The lowest BCUT2D eigenvalue weighted by Gasteiger charge is -2.20. The van der Waals surface area contributed by atoms with Crippen molar-refractivity contribution in [2.45, 2.75) is 30.9 Å². The highest BCUT2D eigenvalue weighted by Crippen LogP contribution is 2.32. The number of rotatable bonds is 7. The van der Waals surface area contributed by atoms with Crippen LogP contribution in [0.5, 0.6) is 0 Å². The fourth-order valence-electron chi connectivity index (χ4n) is 3.68. The summed E-state index contributed by atoms with van der Waals surface area (Å²) in [6, 6.07) is 22.4. The van der Waals surface area contributed by atoms with Crippen molar-refractivity contribution < 1.29 is 22.7 Å². The first-order valence-electron chi connectivity index (χ1n) is 10.6. The van der Waals surface area contributed by atoms with Crippen molar-refractivity contribution in [1.29, 1.82) is 0 Å². The van der Waals surface area contributed by atoms with E-state index >= 15 is 0 Å². The number of ether oxygens (including phenoxy) is 1. The molecule has 7 nitrogen and oxygen atoms in total. The molecule has 1 N–H and O–H groups in total. The van der Waals surface area contributed by atoms with Crippen LogP contribution in [0, 0.1) is 0 Å². The zero-order chi connectivity index (χ0) is 23.4. The number of carbonyl (C=O) groups is 2. The van der Waals surface area contributed by atoms with E-state index in [1.165, 1.54) is 35.5 Å². The molecule has 0 aliphatic carbocycles. The predicted molar refractivity (Wildman–Crippen MR) is 124 cm³/mol. The monoisotopic (exact) mass is 464 g/mol.